The molecular weight excluding hydrogens is 174 g/mol. The first-order chi connectivity index (χ1) is 6.24. The molecule has 0 saturated carbocycles. The van der Waals surface area contributed by atoms with Crippen LogP contribution in [0.4, 0.5) is 0 Å². The monoisotopic (exact) mass is 189 g/mol. The first-order valence-electron chi connectivity index (χ1n) is 3.98. The van der Waals surface area contributed by atoms with Crippen molar-refractivity contribution in [2.75, 3.05) is 20.8 Å². The molecule has 76 valence electrons. The van der Waals surface area contributed by atoms with Gasteiger partial charge in [0, 0.05) is 25.8 Å². The van der Waals surface area contributed by atoms with Crippen molar-refractivity contribution in [3.8, 4) is 0 Å². The zero-order chi connectivity index (χ0) is 10.1. The maximum atomic E-state index is 10.9. The minimum Gasteiger partial charge on any atom is -0.469 e. The number of carbonyl (C=O) groups excluding carboxylic acids is 1. The summed E-state index contributed by atoms with van der Waals surface area (Å²) in [6, 6.07) is 0. The van der Waals surface area contributed by atoms with Gasteiger partial charge in [-0.1, -0.05) is 0 Å². The molecule has 0 heterocycles. The summed E-state index contributed by atoms with van der Waals surface area (Å²) in [7, 11) is 2.90. The average Bonchev–Trinajstić information content (AvgIpc) is 2.14. The van der Waals surface area contributed by atoms with Crippen molar-refractivity contribution in [3.63, 3.8) is 0 Å². The number of methoxy groups -OCH3 is 2. The van der Waals surface area contributed by atoms with E-state index in [9.17, 15) is 4.79 Å². The standard InChI is InChI=1S/C8H15NO4/c1-12-4-3-7(6-9-11)5-8(10)13-2/h6-7,11H,3-5H2,1-2H3/b9-6+. The summed E-state index contributed by atoms with van der Waals surface area (Å²) in [5, 5.41) is 11.2. The lowest BCUT2D eigenvalue weighted by atomic mass is 10.0. The highest BCUT2D eigenvalue weighted by Gasteiger charge is 2.11. The molecule has 0 fully saturated rings. The molecule has 0 amide bonds. The van der Waals surface area contributed by atoms with E-state index in [1.54, 1.807) is 7.11 Å². The molecule has 1 unspecified atom stereocenters. The smallest absolute Gasteiger partial charge is 0.306 e. The predicted molar refractivity (Wildman–Crippen MR) is 46.9 cm³/mol. The molecule has 5 nitrogen and oxygen atoms in total. The second-order valence-electron chi connectivity index (χ2n) is 2.59. The number of carbonyl (C=O) groups is 1. The molecule has 0 aliphatic rings. The van der Waals surface area contributed by atoms with E-state index in [-0.39, 0.29) is 18.3 Å². The third kappa shape index (κ3) is 6.10. The van der Waals surface area contributed by atoms with E-state index < -0.39 is 0 Å². The minimum absolute atomic E-state index is 0.127. The SMILES string of the molecule is COCCC(/C=N/O)CC(=O)OC. The lowest BCUT2D eigenvalue weighted by molar-refractivity contribution is -0.141. The van der Waals surface area contributed by atoms with Gasteiger partial charge in [0.25, 0.3) is 0 Å². The Balaban J connectivity index is 3.86. The number of nitrogens with zero attached hydrogens (tertiary/aromatic N) is 1. The fourth-order valence-corrected chi connectivity index (χ4v) is 0.890. The van der Waals surface area contributed by atoms with Crippen LogP contribution < -0.4 is 0 Å². The highest BCUT2D eigenvalue weighted by molar-refractivity contribution is 5.74. The molecule has 0 spiro atoms. The maximum Gasteiger partial charge on any atom is 0.306 e. The molecule has 1 atom stereocenters. The summed E-state index contributed by atoms with van der Waals surface area (Å²) in [6.45, 7) is 0.522. The van der Waals surface area contributed by atoms with Gasteiger partial charge in [0.2, 0.25) is 0 Å². The summed E-state index contributed by atoms with van der Waals surface area (Å²) in [5.74, 6) is -0.446. The van der Waals surface area contributed by atoms with Crippen LogP contribution in [0.15, 0.2) is 5.16 Å². The minimum atomic E-state index is -0.319. The van der Waals surface area contributed by atoms with Crippen LogP contribution in [0.5, 0.6) is 0 Å². The van der Waals surface area contributed by atoms with Crippen LogP contribution in [0, 0.1) is 5.92 Å². The van der Waals surface area contributed by atoms with Crippen LogP contribution in [-0.2, 0) is 14.3 Å². The van der Waals surface area contributed by atoms with Gasteiger partial charge in [-0.25, -0.2) is 0 Å². The van der Waals surface area contributed by atoms with Gasteiger partial charge in [0.15, 0.2) is 0 Å². The Hall–Kier alpha value is -1.10. The molecule has 0 aromatic rings. The summed E-state index contributed by atoms with van der Waals surface area (Å²) in [4.78, 5) is 10.9. The van der Waals surface area contributed by atoms with Gasteiger partial charge in [-0.3, -0.25) is 4.79 Å². The van der Waals surface area contributed by atoms with Crippen LogP contribution in [-0.4, -0.2) is 38.2 Å². The molecule has 0 saturated heterocycles. The quantitative estimate of drug-likeness (QED) is 0.288. The first-order valence-corrected chi connectivity index (χ1v) is 3.98. The van der Waals surface area contributed by atoms with Crippen molar-refractivity contribution in [2.45, 2.75) is 12.8 Å². The predicted octanol–water partition coefficient (Wildman–Crippen LogP) is 0.662. The van der Waals surface area contributed by atoms with E-state index in [2.05, 4.69) is 9.89 Å². The summed E-state index contributed by atoms with van der Waals surface area (Å²) >= 11 is 0. The molecule has 0 bridgehead atoms. The highest BCUT2D eigenvalue weighted by Crippen LogP contribution is 2.06. The zero-order valence-electron chi connectivity index (χ0n) is 7.90. The summed E-state index contributed by atoms with van der Waals surface area (Å²) < 4.78 is 9.32. The van der Waals surface area contributed by atoms with Crippen LogP contribution in [0.1, 0.15) is 12.8 Å². The van der Waals surface area contributed by atoms with E-state index in [0.717, 1.165) is 0 Å². The van der Waals surface area contributed by atoms with Gasteiger partial charge in [0.05, 0.1) is 13.5 Å². The number of rotatable bonds is 6. The van der Waals surface area contributed by atoms with Gasteiger partial charge < -0.3 is 14.7 Å². The number of ether oxygens (including phenoxy) is 2. The Labute approximate surface area is 77.3 Å². The number of oxime groups is 1. The van der Waals surface area contributed by atoms with Crippen molar-refractivity contribution in [2.24, 2.45) is 11.1 Å². The number of hydrogen-bond acceptors (Lipinski definition) is 5. The number of hydrogen-bond donors (Lipinski definition) is 1. The molecule has 5 heteroatoms. The van der Waals surface area contributed by atoms with Crippen molar-refractivity contribution in [1.82, 2.24) is 0 Å². The topological polar surface area (TPSA) is 68.1 Å². The van der Waals surface area contributed by atoms with Crippen molar-refractivity contribution < 1.29 is 19.5 Å². The van der Waals surface area contributed by atoms with Crippen LogP contribution in [0.3, 0.4) is 0 Å². The van der Waals surface area contributed by atoms with Gasteiger partial charge in [-0.15, -0.1) is 5.16 Å². The second kappa shape index (κ2) is 7.54. The van der Waals surface area contributed by atoms with Crippen molar-refractivity contribution in [3.05, 3.63) is 0 Å². The molecule has 0 aromatic carbocycles. The van der Waals surface area contributed by atoms with E-state index >= 15 is 0 Å². The molecular formula is C8H15NO4. The Kier molecular flexibility index (Phi) is 6.91. The third-order valence-corrected chi connectivity index (χ3v) is 1.63. The molecule has 0 radical (unpaired) electrons. The fourth-order valence-electron chi connectivity index (χ4n) is 0.890. The molecule has 1 N–H and O–H groups in total. The zero-order valence-corrected chi connectivity index (χ0v) is 7.90. The van der Waals surface area contributed by atoms with E-state index in [1.165, 1.54) is 13.3 Å². The lowest BCUT2D eigenvalue weighted by Crippen LogP contribution is -2.13. The van der Waals surface area contributed by atoms with Gasteiger partial charge in [-0.05, 0) is 6.42 Å². The lowest BCUT2D eigenvalue weighted by Gasteiger charge is -2.08. The maximum absolute atomic E-state index is 10.9. The largest absolute Gasteiger partial charge is 0.469 e. The van der Waals surface area contributed by atoms with Gasteiger partial charge >= 0.3 is 5.97 Å². The Bertz CT molecular complexity index is 170. The van der Waals surface area contributed by atoms with Gasteiger partial charge in [0.1, 0.15) is 0 Å². The second-order valence-corrected chi connectivity index (χ2v) is 2.59. The normalized spacial score (nSPS) is 13.1. The Morgan fingerprint density at radius 1 is 1.62 bits per heavy atom. The third-order valence-electron chi connectivity index (χ3n) is 1.63. The van der Waals surface area contributed by atoms with Crippen molar-refractivity contribution in [1.29, 1.82) is 0 Å². The Morgan fingerprint density at radius 3 is 2.77 bits per heavy atom. The molecule has 0 aliphatic heterocycles. The van der Waals surface area contributed by atoms with Gasteiger partial charge in [-0.2, -0.15) is 0 Å². The molecule has 13 heavy (non-hydrogen) atoms. The summed E-state index contributed by atoms with van der Waals surface area (Å²) in [5.41, 5.74) is 0. The number of esters is 1. The van der Waals surface area contributed by atoms with Crippen LogP contribution in [0.2, 0.25) is 0 Å². The molecule has 0 rings (SSSR count). The summed E-state index contributed by atoms with van der Waals surface area (Å²) in [6.07, 6.45) is 2.16. The van der Waals surface area contributed by atoms with Crippen molar-refractivity contribution >= 4 is 12.2 Å². The molecule has 0 aromatic heterocycles. The average molecular weight is 189 g/mol. The van der Waals surface area contributed by atoms with Crippen LogP contribution >= 0.6 is 0 Å². The van der Waals surface area contributed by atoms with E-state index in [0.29, 0.717) is 13.0 Å². The van der Waals surface area contributed by atoms with Crippen LogP contribution in [0.25, 0.3) is 0 Å². The van der Waals surface area contributed by atoms with E-state index in [1.807, 2.05) is 0 Å². The Morgan fingerprint density at radius 2 is 2.31 bits per heavy atom. The fraction of sp³-hybridized carbons (Fsp3) is 0.750. The highest BCUT2D eigenvalue weighted by atomic mass is 16.5. The molecule has 0 aliphatic carbocycles. The first kappa shape index (κ1) is 11.9. The van der Waals surface area contributed by atoms with E-state index in [4.69, 9.17) is 9.94 Å².